The summed E-state index contributed by atoms with van der Waals surface area (Å²) in [5.41, 5.74) is 4.07. The van der Waals surface area contributed by atoms with Crippen molar-refractivity contribution < 1.29 is 9.53 Å². The molecule has 6 heteroatoms. The van der Waals surface area contributed by atoms with Crippen molar-refractivity contribution in [2.75, 3.05) is 25.5 Å². The van der Waals surface area contributed by atoms with Crippen molar-refractivity contribution in [3.63, 3.8) is 0 Å². The van der Waals surface area contributed by atoms with Gasteiger partial charge in [0.05, 0.1) is 13.0 Å². The van der Waals surface area contributed by atoms with Crippen LogP contribution in [0, 0.1) is 12.8 Å². The molecule has 1 atom stereocenters. The minimum absolute atomic E-state index is 0.0156. The number of rotatable bonds is 6. The summed E-state index contributed by atoms with van der Waals surface area (Å²) in [7, 11) is 1.67. The number of hydrogen-bond donors (Lipinski definition) is 1. The Balaban J connectivity index is 1.35. The van der Waals surface area contributed by atoms with Gasteiger partial charge in [-0.15, -0.1) is 0 Å². The highest BCUT2D eigenvalue weighted by molar-refractivity contribution is 5.93. The molecule has 1 saturated heterocycles. The molecule has 3 aromatic rings. The van der Waals surface area contributed by atoms with Gasteiger partial charge < -0.3 is 10.1 Å². The van der Waals surface area contributed by atoms with E-state index in [1.807, 2.05) is 67.8 Å². The second-order valence-electron chi connectivity index (χ2n) is 8.01. The molecule has 1 fully saturated rings. The molecule has 0 radical (unpaired) electrons. The van der Waals surface area contributed by atoms with Crippen molar-refractivity contribution in [3.05, 3.63) is 72.3 Å². The molecule has 6 nitrogen and oxygen atoms in total. The fourth-order valence-corrected chi connectivity index (χ4v) is 3.97. The number of piperidine rings is 1. The maximum atomic E-state index is 12.9. The maximum absolute atomic E-state index is 12.9. The third-order valence-electron chi connectivity index (χ3n) is 5.67. The van der Waals surface area contributed by atoms with Gasteiger partial charge in [0.2, 0.25) is 5.91 Å². The standard InChI is InChI=1S/C25H28N4O2/c1-18-26-14-19(15-27-18)16-29-12-4-6-22(17-29)25(30)28-23-10-8-20(9-11-23)21-5-3-7-24(13-21)31-2/h3,5,7-11,13-15,22H,4,6,12,16-17H2,1-2H3,(H,28,30). The number of likely N-dealkylation sites (tertiary alicyclic amines) is 1. The Bertz CT molecular complexity index is 1020. The lowest BCUT2D eigenvalue weighted by molar-refractivity contribution is -0.121. The molecule has 2 heterocycles. The Morgan fingerprint density at radius 3 is 2.65 bits per heavy atom. The zero-order valence-electron chi connectivity index (χ0n) is 18.0. The van der Waals surface area contributed by atoms with Crippen LogP contribution in [0.5, 0.6) is 5.75 Å². The molecular formula is C25H28N4O2. The van der Waals surface area contributed by atoms with Crippen LogP contribution in [0.3, 0.4) is 0 Å². The van der Waals surface area contributed by atoms with Crippen molar-refractivity contribution in [1.82, 2.24) is 14.9 Å². The van der Waals surface area contributed by atoms with Crippen LogP contribution in [0.4, 0.5) is 5.69 Å². The van der Waals surface area contributed by atoms with E-state index in [2.05, 4.69) is 20.2 Å². The average molecular weight is 417 g/mol. The molecule has 0 saturated carbocycles. The average Bonchev–Trinajstić information content (AvgIpc) is 2.81. The molecule has 1 aliphatic rings. The van der Waals surface area contributed by atoms with Gasteiger partial charge in [-0.25, -0.2) is 9.97 Å². The first kappa shape index (κ1) is 21.0. The predicted molar refractivity (Wildman–Crippen MR) is 122 cm³/mol. The number of aryl methyl sites for hydroxylation is 1. The number of aromatic nitrogens is 2. The molecule has 0 spiro atoms. The number of hydrogen-bond acceptors (Lipinski definition) is 5. The minimum atomic E-state index is -0.0156. The van der Waals surface area contributed by atoms with E-state index in [9.17, 15) is 4.79 Å². The van der Waals surface area contributed by atoms with E-state index in [4.69, 9.17) is 4.74 Å². The molecule has 160 valence electrons. The zero-order chi connectivity index (χ0) is 21.6. The predicted octanol–water partition coefficient (Wildman–Crippen LogP) is 4.31. The Morgan fingerprint density at radius 2 is 1.90 bits per heavy atom. The van der Waals surface area contributed by atoms with Gasteiger partial charge in [-0.1, -0.05) is 24.3 Å². The van der Waals surface area contributed by atoms with Crippen molar-refractivity contribution >= 4 is 11.6 Å². The number of ether oxygens (including phenoxy) is 1. The zero-order valence-corrected chi connectivity index (χ0v) is 18.0. The van der Waals surface area contributed by atoms with E-state index in [1.54, 1.807) is 7.11 Å². The van der Waals surface area contributed by atoms with Crippen LogP contribution in [0.25, 0.3) is 11.1 Å². The molecule has 1 aromatic heterocycles. The fraction of sp³-hybridized carbons (Fsp3) is 0.320. The second kappa shape index (κ2) is 9.71. The SMILES string of the molecule is COc1cccc(-c2ccc(NC(=O)C3CCCN(Cc4cnc(C)nc4)C3)cc2)c1. The third-order valence-corrected chi connectivity index (χ3v) is 5.67. The monoisotopic (exact) mass is 416 g/mol. The van der Waals surface area contributed by atoms with Crippen molar-refractivity contribution in [3.8, 4) is 16.9 Å². The molecule has 0 aliphatic carbocycles. The van der Waals surface area contributed by atoms with Gasteiger partial charge in [0, 0.05) is 36.7 Å². The van der Waals surface area contributed by atoms with Crippen LogP contribution >= 0.6 is 0 Å². The molecule has 1 unspecified atom stereocenters. The summed E-state index contributed by atoms with van der Waals surface area (Å²) in [5, 5.41) is 3.09. The minimum Gasteiger partial charge on any atom is -0.497 e. The van der Waals surface area contributed by atoms with Crippen molar-refractivity contribution in [2.45, 2.75) is 26.3 Å². The number of nitrogens with zero attached hydrogens (tertiary/aromatic N) is 3. The first-order valence-corrected chi connectivity index (χ1v) is 10.7. The molecular weight excluding hydrogens is 388 g/mol. The van der Waals surface area contributed by atoms with Gasteiger partial charge in [-0.05, 0) is 61.7 Å². The van der Waals surface area contributed by atoms with Crippen LogP contribution < -0.4 is 10.1 Å². The van der Waals surface area contributed by atoms with Crippen LogP contribution in [0.15, 0.2) is 60.9 Å². The van der Waals surface area contributed by atoms with E-state index >= 15 is 0 Å². The van der Waals surface area contributed by atoms with Crippen LogP contribution in [-0.4, -0.2) is 41.0 Å². The van der Waals surface area contributed by atoms with Gasteiger partial charge in [0.25, 0.3) is 0 Å². The summed E-state index contributed by atoms with van der Waals surface area (Å²) in [6.45, 7) is 4.40. The van der Waals surface area contributed by atoms with Gasteiger partial charge in [-0.2, -0.15) is 0 Å². The largest absolute Gasteiger partial charge is 0.497 e. The van der Waals surface area contributed by atoms with Crippen LogP contribution in [-0.2, 0) is 11.3 Å². The Kier molecular flexibility index (Phi) is 6.57. The van der Waals surface area contributed by atoms with Gasteiger partial charge >= 0.3 is 0 Å². The quantitative estimate of drug-likeness (QED) is 0.649. The molecule has 1 N–H and O–H groups in total. The number of amides is 1. The summed E-state index contributed by atoms with van der Waals surface area (Å²) < 4.78 is 5.30. The summed E-state index contributed by atoms with van der Waals surface area (Å²) in [5.74, 6) is 1.67. The van der Waals surface area contributed by atoms with Crippen LogP contribution in [0.1, 0.15) is 24.2 Å². The van der Waals surface area contributed by atoms with Crippen molar-refractivity contribution in [2.24, 2.45) is 5.92 Å². The Hall–Kier alpha value is -3.25. The number of anilines is 1. The van der Waals surface area contributed by atoms with E-state index < -0.39 is 0 Å². The van der Waals surface area contributed by atoms with Crippen LogP contribution in [0.2, 0.25) is 0 Å². The molecule has 4 rings (SSSR count). The lowest BCUT2D eigenvalue weighted by Crippen LogP contribution is -2.40. The second-order valence-corrected chi connectivity index (χ2v) is 8.01. The maximum Gasteiger partial charge on any atom is 0.228 e. The van der Waals surface area contributed by atoms with Crippen molar-refractivity contribution in [1.29, 1.82) is 0 Å². The molecule has 1 amide bonds. The topological polar surface area (TPSA) is 67.3 Å². The summed E-state index contributed by atoms with van der Waals surface area (Å²) in [6, 6.07) is 15.9. The lowest BCUT2D eigenvalue weighted by Gasteiger charge is -2.31. The van der Waals surface area contributed by atoms with E-state index in [0.29, 0.717) is 0 Å². The lowest BCUT2D eigenvalue weighted by atomic mass is 9.96. The number of methoxy groups -OCH3 is 1. The number of nitrogens with one attached hydrogen (secondary N) is 1. The first-order chi connectivity index (χ1) is 15.1. The van der Waals surface area contributed by atoms with Gasteiger partial charge in [0.1, 0.15) is 11.6 Å². The third kappa shape index (κ3) is 5.47. The highest BCUT2D eigenvalue weighted by Gasteiger charge is 2.26. The smallest absolute Gasteiger partial charge is 0.228 e. The number of carbonyl (C=O) groups is 1. The van der Waals surface area contributed by atoms with Gasteiger partial charge in [0.15, 0.2) is 0 Å². The normalized spacial score (nSPS) is 16.6. The Morgan fingerprint density at radius 1 is 1.13 bits per heavy atom. The van der Waals surface area contributed by atoms with E-state index in [0.717, 1.165) is 66.4 Å². The van der Waals surface area contributed by atoms with E-state index in [1.165, 1.54) is 0 Å². The molecule has 31 heavy (non-hydrogen) atoms. The molecule has 2 aromatic carbocycles. The Labute approximate surface area is 183 Å². The first-order valence-electron chi connectivity index (χ1n) is 10.7. The number of carbonyl (C=O) groups excluding carboxylic acids is 1. The highest BCUT2D eigenvalue weighted by Crippen LogP contribution is 2.26. The van der Waals surface area contributed by atoms with Gasteiger partial charge in [-0.3, -0.25) is 9.69 Å². The summed E-state index contributed by atoms with van der Waals surface area (Å²) in [4.78, 5) is 23.7. The number of benzene rings is 2. The molecule has 1 aliphatic heterocycles. The highest BCUT2D eigenvalue weighted by atomic mass is 16.5. The summed E-state index contributed by atoms with van der Waals surface area (Å²) in [6.07, 6.45) is 5.67. The molecule has 0 bridgehead atoms. The summed E-state index contributed by atoms with van der Waals surface area (Å²) >= 11 is 0. The van der Waals surface area contributed by atoms with E-state index in [-0.39, 0.29) is 11.8 Å². The fourth-order valence-electron chi connectivity index (χ4n) is 3.97.